The van der Waals surface area contributed by atoms with E-state index in [0.29, 0.717) is 0 Å². The number of para-hydroxylation sites is 1. The number of esters is 1. The second-order valence-electron chi connectivity index (χ2n) is 6.05. The number of hydrogen-bond donors (Lipinski definition) is 3. The maximum absolute atomic E-state index is 12.1. The van der Waals surface area contributed by atoms with Gasteiger partial charge in [0.1, 0.15) is 0 Å². The second kappa shape index (κ2) is 8.42. The molecule has 8 nitrogen and oxygen atoms in total. The molecular weight excluding hydrogens is 441 g/mol. The molecule has 0 aliphatic carbocycles. The predicted molar refractivity (Wildman–Crippen MR) is 109 cm³/mol. The Labute approximate surface area is 176 Å². The molecule has 0 bridgehead atoms. The molecule has 0 aliphatic heterocycles. The summed E-state index contributed by atoms with van der Waals surface area (Å²) in [6.45, 7) is -0.565. The molecule has 1 amide bonds. The molecule has 0 unspecified atom stereocenters. The van der Waals surface area contributed by atoms with Gasteiger partial charge in [0.05, 0.1) is 27.0 Å². The number of rotatable bonds is 6. The van der Waals surface area contributed by atoms with Crippen LogP contribution in [0.5, 0.6) is 0 Å². The number of hydrogen-bond acceptors (Lipinski definition) is 5. The van der Waals surface area contributed by atoms with E-state index in [2.05, 4.69) is 10.3 Å². The van der Waals surface area contributed by atoms with Crippen molar-refractivity contribution in [1.29, 1.82) is 0 Å². The number of halogens is 2. The maximum Gasteiger partial charge on any atom is 0.310 e. The van der Waals surface area contributed by atoms with Crippen LogP contribution in [0.2, 0.25) is 10.0 Å². The van der Waals surface area contributed by atoms with Gasteiger partial charge in [0, 0.05) is 17.1 Å². The van der Waals surface area contributed by atoms with Crippen molar-refractivity contribution in [3.05, 3.63) is 58.2 Å². The molecule has 0 atom stereocenters. The smallest absolute Gasteiger partial charge is 0.310 e. The number of anilines is 1. The molecule has 4 N–H and O–H groups in total. The summed E-state index contributed by atoms with van der Waals surface area (Å²) in [6.07, 6.45) is 1.69. The van der Waals surface area contributed by atoms with Crippen LogP contribution >= 0.6 is 23.2 Å². The second-order valence-corrected chi connectivity index (χ2v) is 8.43. The van der Waals surface area contributed by atoms with E-state index < -0.39 is 28.5 Å². The Morgan fingerprint density at radius 3 is 2.45 bits per heavy atom. The molecule has 3 rings (SSSR count). The highest BCUT2D eigenvalue weighted by molar-refractivity contribution is 7.89. The third kappa shape index (κ3) is 5.07. The molecule has 0 aliphatic rings. The predicted octanol–water partition coefficient (Wildman–Crippen LogP) is 2.85. The lowest BCUT2D eigenvalue weighted by atomic mass is 10.1. The van der Waals surface area contributed by atoms with Crippen LogP contribution in [0.25, 0.3) is 10.9 Å². The van der Waals surface area contributed by atoms with Crippen LogP contribution in [-0.4, -0.2) is 31.9 Å². The van der Waals surface area contributed by atoms with Crippen LogP contribution in [0.4, 0.5) is 5.69 Å². The Kier molecular flexibility index (Phi) is 6.13. The lowest BCUT2D eigenvalue weighted by molar-refractivity contribution is -0.146. The number of sulfonamides is 1. The topological polar surface area (TPSA) is 131 Å². The van der Waals surface area contributed by atoms with Gasteiger partial charge >= 0.3 is 5.97 Å². The summed E-state index contributed by atoms with van der Waals surface area (Å²) in [4.78, 5) is 26.9. The van der Waals surface area contributed by atoms with Crippen molar-refractivity contribution >= 4 is 61.7 Å². The Morgan fingerprint density at radius 2 is 1.79 bits per heavy atom. The van der Waals surface area contributed by atoms with Gasteiger partial charge in [0.15, 0.2) is 6.61 Å². The van der Waals surface area contributed by atoms with Crippen molar-refractivity contribution in [2.75, 3.05) is 11.9 Å². The molecule has 29 heavy (non-hydrogen) atoms. The van der Waals surface area contributed by atoms with E-state index in [4.69, 9.17) is 33.1 Å². The van der Waals surface area contributed by atoms with Gasteiger partial charge < -0.3 is 15.0 Å². The summed E-state index contributed by atoms with van der Waals surface area (Å²) >= 11 is 11.9. The normalized spacial score (nSPS) is 11.4. The van der Waals surface area contributed by atoms with Crippen LogP contribution in [0.15, 0.2) is 47.5 Å². The fourth-order valence-electron chi connectivity index (χ4n) is 2.64. The number of nitrogens with two attached hydrogens (primary N) is 1. The maximum atomic E-state index is 12.1. The summed E-state index contributed by atoms with van der Waals surface area (Å²) in [5, 5.41) is 8.05. The van der Waals surface area contributed by atoms with Crippen LogP contribution in [0.1, 0.15) is 5.56 Å². The van der Waals surface area contributed by atoms with E-state index in [9.17, 15) is 18.0 Å². The number of aromatic nitrogens is 1. The summed E-state index contributed by atoms with van der Waals surface area (Å²) in [5.74, 6) is -1.28. The third-order valence-corrected chi connectivity index (χ3v) is 5.47. The Hall–Kier alpha value is -2.59. The highest BCUT2D eigenvalue weighted by Gasteiger charge is 2.17. The van der Waals surface area contributed by atoms with Gasteiger partial charge in [-0.25, -0.2) is 13.6 Å². The van der Waals surface area contributed by atoms with Gasteiger partial charge in [-0.3, -0.25) is 9.59 Å². The van der Waals surface area contributed by atoms with Crippen LogP contribution in [0, 0.1) is 0 Å². The molecule has 0 spiro atoms. The quantitative estimate of drug-likeness (QED) is 0.491. The Morgan fingerprint density at radius 1 is 1.14 bits per heavy atom. The van der Waals surface area contributed by atoms with E-state index in [0.717, 1.165) is 28.6 Å². The van der Waals surface area contributed by atoms with Crippen molar-refractivity contribution in [2.24, 2.45) is 5.14 Å². The van der Waals surface area contributed by atoms with Gasteiger partial charge in [-0.15, -0.1) is 0 Å². The molecule has 1 heterocycles. The molecule has 2 aromatic carbocycles. The number of carbonyl (C=O) groups excluding carboxylic acids is 2. The molecule has 0 saturated carbocycles. The van der Waals surface area contributed by atoms with Crippen molar-refractivity contribution in [3.63, 3.8) is 0 Å². The molecule has 11 heteroatoms. The Balaban J connectivity index is 1.61. The minimum atomic E-state index is -4.01. The van der Waals surface area contributed by atoms with E-state index in [1.54, 1.807) is 6.20 Å². The average Bonchev–Trinajstić information content (AvgIpc) is 3.05. The zero-order chi connectivity index (χ0) is 21.2. The number of ether oxygens (including phenoxy) is 1. The molecule has 1 aromatic heterocycles. The number of nitrogens with one attached hydrogen (secondary N) is 2. The standard InChI is InChI=1S/C18H15Cl2N3O5S/c19-13-6-11(29(21,26)27)7-14(20)18(13)23-16(24)9-28-17(25)5-10-8-22-15-4-2-1-3-12(10)15/h1-4,6-8,22H,5,9H2,(H,23,24)(H2,21,26,27). The van der Waals surface area contributed by atoms with Crippen LogP contribution in [-0.2, 0) is 30.8 Å². The van der Waals surface area contributed by atoms with Crippen molar-refractivity contribution in [2.45, 2.75) is 11.3 Å². The van der Waals surface area contributed by atoms with E-state index in [1.807, 2.05) is 24.3 Å². The first-order valence-corrected chi connectivity index (χ1v) is 10.5. The first-order chi connectivity index (χ1) is 13.6. The number of amides is 1. The molecule has 152 valence electrons. The van der Waals surface area contributed by atoms with Gasteiger partial charge in [-0.05, 0) is 23.8 Å². The number of benzene rings is 2. The zero-order valence-electron chi connectivity index (χ0n) is 14.7. The number of carbonyl (C=O) groups is 2. The SMILES string of the molecule is NS(=O)(=O)c1cc(Cl)c(NC(=O)COC(=O)Cc2c[nH]c3ccccc23)c(Cl)c1. The van der Waals surface area contributed by atoms with Gasteiger partial charge in [-0.1, -0.05) is 41.4 Å². The van der Waals surface area contributed by atoms with E-state index in [1.165, 1.54) is 0 Å². The highest BCUT2D eigenvalue weighted by atomic mass is 35.5. The number of H-pyrrole nitrogens is 1. The van der Waals surface area contributed by atoms with E-state index >= 15 is 0 Å². The minimum Gasteiger partial charge on any atom is -0.455 e. The molecule has 0 radical (unpaired) electrons. The highest BCUT2D eigenvalue weighted by Crippen LogP contribution is 2.33. The van der Waals surface area contributed by atoms with E-state index in [-0.39, 0.29) is 27.0 Å². The minimum absolute atomic E-state index is 0.0120. The molecular formula is C18H15Cl2N3O5S. The van der Waals surface area contributed by atoms with Crippen molar-refractivity contribution < 1.29 is 22.7 Å². The van der Waals surface area contributed by atoms with Gasteiger partial charge in [0.25, 0.3) is 5.91 Å². The lowest BCUT2D eigenvalue weighted by Crippen LogP contribution is -2.22. The van der Waals surface area contributed by atoms with Crippen molar-refractivity contribution in [1.82, 2.24) is 4.98 Å². The van der Waals surface area contributed by atoms with Crippen LogP contribution < -0.4 is 10.5 Å². The first-order valence-electron chi connectivity index (χ1n) is 8.17. The fourth-order valence-corrected chi connectivity index (χ4v) is 3.91. The molecule has 0 saturated heterocycles. The average molecular weight is 456 g/mol. The molecule has 0 fully saturated rings. The lowest BCUT2D eigenvalue weighted by Gasteiger charge is -2.11. The Bertz CT molecular complexity index is 1180. The monoisotopic (exact) mass is 455 g/mol. The van der Waals surface area contributed by atoms with Crippen molar-refractivity contribution in [3.8, 4) is 0 Å². The molecule has 3 aromatic rings. The third-order valence-electron chi connectivity index (χ3n) is 3.98. The largest absolute Gasteiger partial charge is 0.455 e. The fraction of sp³-hybridized carbons (Fsp3) is 0.111. The van der Waals surface area contributed by atoms with Crippen LogP contribution in [0.3, 0.4) is 0 Å². The summed E-state index contributed by atoms with van der Waals surface area (Å²) < 4.78 is 27.7. The number of aromatic amines is 1. The van der Waals surface area contributed by atoms with Gasteiger partial charge in [-0.2, -0.15) is 0 Å². The first kappa shape index (κ1) is 21.1. The van der Waals surface area contributed by atoms with Gasteiger partial charge in [0.2, 0.25) is 10.0 Å². The summed E-state index contributed by atoms with van der Waals surface area (Å²) in [5.41, 5.74) is 1.62. The number of fused-ring (bicyclic) bond motifs is 1. The summed E-state index contributed by atoms with van der Waals surface area (Å²) in [6, 6.07) is 9.59. The zero-order valence-corrected chi connectivity index (χ0v) is 17.1. The summed E-state index contributed by atoms with van der Waals surface area (Å²) in [7, 11) is -4.01. The number of primary sulfonamides is 1.